The summed E-state index contributed by atoms with van der Waals surface area (Å²) in [5, 5.41) is 9.28. The molecule has 0 bridgehead atoms. The number of aromatic nitrogens is 2. The normalized spacial score (nSPS) is 10.4. The van der Waals surface area contributed by atoms with E-state index in [0.717, 1.165) is 6.07 Å². The van der Waals surface area contributed by atoms with Crippen LogP contribution in [0.5, 0.6) is 5.75 Å². The highest BCUT2D eigenvalue weighted by Gasteiger charge is 2.07. The van der Waals surface area contributed by atoms with E-state index in [9.17, 15) is 9.50 Å². The van der Waals surface area contributed by atoms with Crippen LogP contribution in [0.3, 0.4) is 0 Å². The third kappa shape index (κ3) is 1.93. The number of nitrogen functional groups attached to an aromatic ring is 1. The monoisotopic (exact) mass is 219 g/mol. The van der Waals surface area contributed by atoms with Gasteiger partial charge in [0.25, 0.3) is 0 Å². The molecule has 0 aliphatic heterocycles. The molecule has 1 heterocycles. The van der Waals surface area contributed by atoms with E-state index < -0.39 is 5.82 Å². The van der Waals surface area contributed by atoms with Crippen LogP contribution >= 0.6 is 0 Å². The lowest BCUT2D eigenvalue weighted by atomic mass is 10.1. The summed E-state index contributed by atoms with van der Waals surface area (Å²) in [5.74, 6) is 0.115. The molecule has 82 valence electrons. The molecule has 0 saturated carbocycles. The van der Waals surface area contributed by atoms with Crippen molar-refractivity contribution in [3.63, 3.8) is 0 Å². The molecule has 0 aliphatic carbocycles. The smallest absolute Gasteiger partial charge is 0.135 e. The van der Waals surface area contributed by atoms with E-state index >= 15 is 0 Å². The third-order valence-electron chi connectivity index (χ3n) is 2.13. The molecule has 4 nitrogen and oxygen atoms in total. The van der Waals surface area contributed by atoms with Crippen molar-refractivity contribution >= 4 is 5.82 Å². The molecule has 5 heteroatoms. The molecular formula is C11H10FN3O. The second-order valence-electron chi connectivity index (χ2n) is 3.41. The van der Waals surface area contributed by atoms with E-state index in [0.29, 0.717) is 17.0 Å². The van der Waals surface area contributed by atoms with Gasteiger partial charge in [0.05, 0.1) is 0 Å². The van der Waals surface area contributed by atoms with Crippen molar-refractivity contribution in [2.75, 3.05) is 5.73 Å². The van der Waals surface area contributed by atoms with Crippen LogP contribution in [0.15, 0.2) is 24.4 Å². The summed E-state index contributed by atoms with van der Waals surface area (Å²) >= 11 is 0. The molecule has 2 rings (SSSR count). The topological polar surface area (TPSA) is 72.0 Å². The fourth-order valence-corrected chi connectivity index (χ4v) is 1.44. The van der Waals surface area contributed by atoms with Gasteiger partial charge in [0, 0.05) is 17.8 Å². The highest BCUT2D eigenvalue weighted by Crippen LogP contribution is 2.27. The van der Waals surface area contributed by atoms with Gasteiger partial charge >= 0.3 is 0 Å². The molecular weight excluding hydrogens is 209 g/mol. The molecule has 3 N–H and O–H groups in total. The zero-order valence-electron chi connectivity index (χ0n) is 8.61. The van der Waals surface area contributed by atoms with E-state index in [1.54, 1.807) is 6.92 Å². The molecule has 0 aliphatic rings. The quantitative estimate of drug-likeness (QED) is 0.768. The Labute approximate surface area is 91.6 Å². The fourth-order valence-electron chi connectivity index (χ4n) is 1.44. The van der Waals surface area contributed by atoms with Crippen LogP contribution in [0.4, 0.5) is 10.2 Å². The summed E-state index contributed by atoms with van der Waals surface area (Å²) in [4.78, 5) is 7.95. The minimum absolute atomic E-state index is 0.157. The van der Waals surface area contributed by atoms with Crippen LogP contribution in [0.2, 0.25) is 0 Å². The van der Waals surface area contributed by atoms with Gasteiger partial charge in [-0.15, -0.1) is 0 Å². The third-order valence-corrected chi connectivity index (χ3v) is 2.13. The van der Waals surface area contributed by atoms with Crippen molar-refractivity contribution in [3.05, 3.63) is 36.0 Å². The van der Waals surface area contributed by atoms with E-state index in [1.165, 1.54) is 18.3 Å². The van der Waals surface area contributed by atoms with Gasteiger partial charge in [-0.05, 0) is 24.6 Å². The summed E-state index contributed by atoms with van der Waals surface area (Å²) in [6.07, 6.45) is 1.51. The largest absolute Gasteiger partial charge is 0.508 e. The predicted molar refractivity (Wildman–Crippen MR) is 58.2 cm³/mol. The van der Waals surface area contributed by atoms with Crippen molar-refractivity contribution in [1.82, 2.24) is 9.97 Å². The van der Waals surface area contributed by atoms with Gasteiger partial charge in [-0.2, -0.15) is 0 Å². The van der Waals surface area contributed by atoms with Crippen LogP contribution < -0.4 is 5.73 Å². The number of phenols is 1. The highest BCUT2D eigenvalue weighted by molar-refractivity contribution is 5.73. The molecule has 0 atom stereocenters. The first-order valence-electron chi connectivity index (χ1n) is 4.65. The Morgan fingerprint density at radius 1 is 1.31 bits per heavy atom. The van der Waals surface area contributed by atoms with Gasteiger partial charge in [0.1, 0.15) is 23.2 Å². The Morgan fingerprint density at radius 2 is 2.06 bits per heavy atom. The van der Waals surface area contributed by atoms with Gasteiger partial charge in [-0.25, -0.2) is 14.4 Å². The molecule has 1 aromatic carbocycles. The SMILES string of the molecule is Cc1ncc(-c2cc(O)cc(F)c2)c(N)n1. The van der Waals surface area contributed by atoms with Crippen LogP contribution in [0.1, 0.15) is 5.82 Å². The number of anilines is 1. The van der Waals surface area contributed by atoms with Crippen LogP contribution in [-0.4, -0.2) is 15.1 Å². The van der Waals surface area contributed by atoms with Crippen molar-refractivity contribution in [2.24, 2.45) is 0 Å². The second-order valence-corrected chi connectivity index (χ2v) is 3.41. The van der Waals surface area contributed by atoms with Crippen LogP contribution in [0.25, 0.3) is 11.1 Å². The number of rotatable bonds is 1. The summed E-state index contributed by atoms with van der Waals surface area (Å²) in [5.41, 5.74) is 6.65. The van der Waals surface area contributed by atoms with E-state index in [4.69, 9.17) is 5.73 Å². The Balaban J connectivity index is 2.58. The fraction of sp³-hybridized carbons (Fsp3) is 0.0909. The number of phenolic OH excluding ortho intramolecular Hbond substituents is 1. The first-order chi connectivity index (χ1) is 7.56. The zero-order valence-corrected chi connectivity index (χ0v) is 8.61. The molecule has 16 heavy (non-hydrogen) atoms. The summed E-state index contributed by atoms with van der Waals surface area (Å²) in [6, 6.07) is 3.70. The zero-order chi connectivity index (χ0) is 11.7. The molecule has 0 saturated heterocycles. The van der Waals surface area contributed by atoms with Crippen molar-refractivity contribution in [2.45, 2.75) is 6.92 Å². The minimum Gasteiger partial charge on any atom is -0.508 e. The number of halogens is 1. The minimum atomic E-state index is -0.532. The first kappa shape index (κ1) is 10.4. The van der Waals surface area contributed by atoms with Gasteiger partial charge in [0.2, 0.25) is 0 Å². The second kappa shape index (κ2) is 3.77. The number of aromatic hydroxyl groups is 1. The molecule has 0 radical (unpaired) electrons. The average Bonchev–Trinajstić information content (AvgIpc) is 2.15. The van der Waals surface area contributed by atoms with Gasteiger partial charge in [0.15, 0.2) is 0 Å². The molecule has 0 fully saturated rings. The molecule has 0 spiro atoms. The van der Waals surface area contributed by atoms with Crippen LogP contribution in [0, 0.1) is 12.7 Å². The van der Waals surface area contributed by atoms with Gasteiger partial charge < -0.3 is 10.8 Å². The number of nitrogens with zero attached hydrogens (tertiary/aromatic N) is 2. The Kier molecular flexibility index (Phi) is 2.44. The van der Waals surface area contributed by atoms with Crippen molar-refractivity contribution < 1.29 is 9.50 Å². The lowest BCUT2D eigenvalue weighted by Crippen LogP contribution is -1.98. The van der Waals surface area contributed by atoms with Crippen molar-refractivity contribution in [3.8, 4) is 16.9 Å². The Morgan fingerprint density at radius 3 is 2.69 bits per heavy atom. The van der Waals surface area contributed by atoms with Gasteiger partial charge in [-0.1, -0.05) is 0 Å². The lowest BCUT2D eigenvalue weighted by molar-refractivity contribution is 0.469. The number of benzene rings is 1. The summed E-state index contributed by atoms with van der Waals surface area (Å²) < 4.78 is 13.1. The summed E-state index contributed by atoms with van der Waals surface area (Å²) in [6.45, 7) is 1.71. The Bertz CT molecular complexity index is 522. The Hall–Kier alpha value is -2.17. The molecule has 0 unspecified atom stereocenters. The van der Waals surface area contributed by atoms with E-state index in [-0.39, 0.29) is 11.6 Å². The standard InChI is InChI=1S/C11H10FN3O/c1-6-14-5-10(11(13)15-6)7-2-8(12)4-9(16)3-7/h2-5,16H,1H3,(H2,13,14,15). The number of hydrogen-bond acceptors (Lipinski definition) is 4. The van der Waals surface area contributed by atoms with E-state index in [1.807, 2.05) is 0 Å². The van der Waals surface area contributed by atoms with E-state index in [2.05, 4.69) is 9.97 Å². The first-order valence-corrected chi connectivity index (χ1v) is 4.65. The maximum absolute atomic E-state index is 13.1. The van der Waals surface area contributed by atoms with Crippen molar-refractivity contribution in [1.29, 1.82) is 0 Å². The summed E-state index contributed by atoms with van der Waals surface area (Å²) in [7, 11) is 0. The lowest BCUT2D eigenvalue weighted by Gasteiger charge is -2.05. The molecule has 2 aromatic rings. The maximum atomic E-state index is 13.1. The van der Waals surface area contributed by atoms with Crippen LogP contribution in [-0.2, 0) is 0 Å². The number of nitrogens with two attached hydrogens (primary N) is 1. The molecule has 0 amide bonds. The predicted octanol–water partition coefficient (Wildman–Crippen LogP) is 1.88. The average molecular weight is 219 g/mol. The van der Waals surface area contributed by atoms with Gasteiger partial charge in [-0.3, -0.25) is 0 Å². The number of hydrogen-bond donors (Lipinski definition) is 2. The highest BCUT2D eigenvalue weighted by atomic mass is 19.1. The molecule has 1 aromatic heterocycles. The maximum Gasteiger partial charge on any atom is 0.135 e. The number of aryl methyl sites for hydroxylation is 1.